The molecule has 0 unspecified atom stereocenters. The molecule has 0 atom stereocenters. The van der Waals surface area contributed by atoms with Crippen molar-refractivity contribution in [3.05, 3.63) is 35.1 Å². The first-order chi connectivity index (χ1) is 9.46. The van der Waals surface area contributed by atoms with E-state index in [1.807, 2.05) is 25.1 Å². The molecule has 20 heavy (non-hydrogen) atoms. The molecule has 0 fully saturated rings. The number of hydrogen-bond acceptors (Lipinski definition) is 4. The number of ether oxygens (including phenoxy) is 1. The number of ketones is 1. The zero-order chi connectivity index (χ0) is 15.2. The van der Waals surface area contributed by atoms with Gasteiger partial charge in [-0.15, -0.1) is 0 Å². The molecule has 0 aromatic rings. The normalized spacial score (nSPS) is 26.7. The van der Waals surface area contributed by atoms with Crippen LogP contribution in [-0.4, -0.2) is 25.7 Å². The SMILES string of the molecule is C=N/C1=C(\C=C/C)COCC(C)(C)C(=O)/C(C#N)=C\C1. The summed E-state index contributed by atoms with van der Waals surface area (Å²) in [7, 11) is 0. The molecule has 0 saturated carbocycles. The summed E-state index contributed by atoms with van der Waals surface area (Å²) in [5.74, 6) is -0.196. The third-order valence-corrected chi connectivity index (χ3v) is 3.13. The average molecular weight is 272 g/mol. The molecule has 0 N–H and O–H groups in total. The molecular formula is C16H20N2O2. The van der Waals surface area contributed by atoms with Crippen molar-refractivity contribution in [3.63, 3.8) is 0 Å². The lowest BCUT2D eigenvalue weighted by molar-refractivity contribution is -0.125. The maximum atomic E-state index is 12.3. The van der Waals surface area contributed by atoms with Crippen molar-refractivity contribution in [1.29, 1.82) is 5.26 Å². The van der Waals surface area contributed by atoms with Gasteiger partial charge in [0, 0.05) is 12.1 Å². The van der Waals surface area contributed by atoms with Crippen LogP contribution < -0.4 is 0 Å². The number of allylic oxidation sites excluding steroid dienone is 3. The Hall–Kier alpha value is -1.99. The number of hydrogen-bond donors (Lipinski definition) is 0. The van der Waals surface area contributed by atoms with Crippen LogP contribution in [-0.2, 0) is 9.53 Å². The maximum absolute atomic E-state index is 12.3. The van der Waals surface area contributed by atoms with Gasteiger partial charge in [-0.25, -0.2) is 0 Å². The summed E-state index contributed by atoms with van der Waals surface area (Å²) in [6.45, 7) is 9.67. The van der Waals surface area contributed by atoms with E-state index in [4.69, 9.17) is 10.00 Å². The highest BCUT2D eigenvalue weighted by molar-refractivity contribution is 6.02. The van der Waals surface area contributed by atoms with Crippen molar-refractivity contribution >= 4 is 12.5 Å². The van der Waals surface area contributed by atoms with Crippen molar-refractivity contribution in [2.45, 2.75) is 27.2 Å². The van der Waals surface area contributed by atoms with Crippen LogP contribution in [0.15, 0.2) is 40.1 Å². The molecule has 0 saturated heterocycles. The highest BCUT2D eigenvalue weighted by Crippen LogP contribution is 2.25. The van der Waals surface area contributed by atoms with E-state index in [2.05, 4.69) is 11.7 Å². The van der Waals surface area contributed by atoms with Crippen molar-refractivity contribution in [2.24, 2.45) is 10.4 Å². The quantitative estimate of drug-likeness (QED) is 0.726. The van der Waals surface area contributed by atoms with Gasteiger partial charge in [-0.05, 0) is 19.2 Å². The van der Waals surface area contributed by atoms with E-state index in [9.17, 15) is 4.79 Å². The van der Waals surface area contributed by atoms with Crippen molar-refractivity contribution in [2.75, 3.05) is 13.2 Å². The fraction of sp³-hybridized carbons (Fsp3) is 0.438. The van der Waals surface area contributed by atoms with Crippen molar-refractivity contribution in [3.8, 4) is 6.07 Å². The second kappa shape index (κ2) is 6.97. The van der Waals surface area contributed by atoms with Crippen LogP contribution in [0.2, 0.25) is 0 Å². The molecule has 4 nitrogen and oxygen atoms in total. The molecule has 0 aliphatic carbocycles. The van der Waals surface area contributed by atoms with E-state index in [0.29, 0.717) is 13.0 Å². The summed E-state index contributed by atoms with van der Waals surface area (Å²) in [6.07, 6.45) is 5.85. The third kappa shape index (κ3) is 3.75. The number of rotatable bonds is 2. The molecular weight excluding hydrogens is 252 g/mol. The molecule has 1 aliphatic heterocycles. The fourth-order valence-corrected chi connectivity index (χ4v) is 1.96. The predicted octanol–water partition coefficient (Wildman–Crippen LogP) is 2.98. The van der Waals surface area contributed by atoms with Crippen LogP contribution in [0, 0.1) is 16.7 Å². The Balaban J connectivity index is 3.26. The van der Waals surface area contributed by atoms with E-state index in [-0.39, 0.29) is 18.0 Å². The minimum atomic E-state index is -0.707. The first-order valence-electron chi connectivity index (χ1n) is 6.50. The lowest BCUT2D eigenvalue weighted by Crippen LogP contribution is -2.31. The summed E-state index contributed by atoms with van der Waals surface area (Å²) in [5.41, 5.74) is 1.09. The third-order valence-electron chi connectivity index (χ3n) is 3.13. The Labute approximate surface area is 120 Å². The molecule has 0 radical (unpaired) electrons. The molecule has 0 aromatic carbocycles. The lowest BCUT2D eigenvalue weighted by atomic mass is 9.84. The Bertz CT molecular complexity index is 531. The number of carbonyl (C=O) groups excluding carboxylic acids is 1. The largest absolute Gasteiger partial charge is 0.376 e. The number of carbonyl (C=O) groups is 1. The minimum absolute atomic E-state index is 0.154. The van der Waals surface area contributed by atoms with Gasteiger partial charge in [0.1, 0.15) is 6.07 Å². The second-order valence-corrected chi connectivity index (χ2v) is 5.27. The van der Waals surface area contributed by atoms with Crippen LogP contribution >= 0.6 is 0 Å². The monoisotopic (exact) mass is 272 g/mol. The van der Waals surface area contributed by atoms with E-state index in [1.54, 1.807) is 19.9 Å². The van der Waals surface area contributed by atoms with Crippen LogP contribution in [0.3, 0.4) is 0 Å². The van der Waals surface area contributed by atoms with Crippen LogP contribution in [0.5, 0.6) is 0 Å². The topological polar surface area (TPSA) is 62.4 Å². The molecule has 1 aliphatic rings. The van der Waals surface area contributed by atoms with E-state index in [1.165, 1.54) is 0 Å². The molecule has 4 heteroatoms. The smallest absolute Gasteiger partial charge is 0.180 e. The number of aliphatic imine (C=N–C) groups is 1. The van der Waals surface area contributed by atoms with Gasteiger partial charge < -0.3 is 4.74 Å². The number of Topliss-reactive ketones (excluding diaryl/α,β-unsaturated/α-hetero) is 1. The highest BCUT2D eigenvalue weighted by Gasteiger charge is 2.31. The molecule has 106 valence electrons. The Morgan fingerprint density at radius 3 is 2.80 bits per heavy atom. The summed E-state index contributed by atoms with van der Waals surface area (Å²) in [6, 6.07) is 1.97. The van der Waals surface area contributed by atoms with Crippen molar-refractivity contribution in [1.82, 2.24) is 0 Å². The molecule has 0 amide bonds. The van der Waals surface area contributed by atoms with E-state index < -0.39 is 5.41 Å². The van der Waals surface area contributed by atoms with Gasteiger partial charge in [0.25, 0.3) is 0 Å². The highest BCUT2D eigenvalue weighted by atomic mass is 16.5. The summed E-state index contributed by atoms with van der Waals surface area (Å²) < 4.78 is 5.63. The van der Waals surface area contributed by atoms with Gasteiger partial charge in [0.15, 0.2) is 5.78 Å². The standard InChI is InChI=1S/C16H20N2O2/c1-5-6-13-10-20-11-16(2,3)15(19)12(9-17)7-8-14(13)18-4/h5-7H,4,8,10-11H2,1-3H3/b6-5-,12-7-,14-13+. The summed E-state index contributed by atoms with van der Waals surface area (Å²) in [4.78, 5) is 16.3. The number of nitrogens with zero attached hydrogens (tertiary/aromatic N) is 2. The van der Waals surface area contributed by atoms with Gasteiger partial charge in [0.2, 0.25) is 0 Å². The number of nitriles is 1. The molecule has 1 heterocycles. The zero-order valence-corrected chi connectivity index (χ0v) is 12.3. The van der Waals surface area contributed by atoms with E-state index in [0.717, 1.165) is 11.3 Å². The van der Waals surface area contributed by atoms with Gasteiger partial charge in [-0.3, -0.25) is 9.79 Å². The van der Waals surface area contributed by atoms with Gasteiger partial charge >= 0.3 is 0 Å². The zero-order valence-electron chi connectivity index (χ0n) is 12.3. The van der Waals surface area contributed by atoms with Crippen LogP contribution in [0.25, 0.3) is 0 Å². The van der Waals surface area contributed by atoms with Crippen LogP contribution in [0.1, 0.15) is 27.2 Å². The lowest BCUT2D eigenvalue weighted by Gasteiger charge is -2.24. The predicted molar refractivity (Wildman–Crippen MR) is 79.3 cm³/mol. The minimum Gasteiger partial charge on any atom is -0.376 e. The maximum Gasteiger partial charge on any atom is 0.180 e. The van der Waals surface area contributed by atoms with Gasteiger partial charge in [0.05, 0.1) is 24.2 Å². The second-order valence-electron chi connectivity index (χ2n) is 5.27. The Morgan fingerprint density at radius 2 is 2.25 bits per heavy atom. The molecule has 0 bridgehead atoms. The summed E-state index contributed by atoms with van der Waals surface area (Å²) in [5, 5.41) is 9.14. The Kier molecular flexibility index (Phi) is 5.60. The molecule has 0 aromatic heterocycles. The van der Waals surface area contributed by atoms with Crippen LogP contribution in [0.4, 0.5) is 0 Å². The Morgan fingerprint density at radius 1 is 1.55 bits per heavy atom. The molecule has 0 spiro atoms. The molecule has 1 rings (SSSR count). The fourth-order valence-electron chi connectivity index (χ4n) is 1.96. The van der Waals surface area contributed by atoms with Gasteiger partial charge in [-0.1, -0.05) is 32.1 Å². The average Bonchev–Trinajstić information content (AvgIpc) is 2.42. The van der Waals surface area contributed by atoms with E-state index >= 15 is 0 Å². The first kappa shape index (κ1) is 16.1. The van der Waals surface area contributed by atoms with Crippen molar-refractivity contribution < 1.29 is 9.53 Å². The summed E-state index contributed by atoms with van der Waals surface area (Å²) >= 11 is 0. The first-order valence-corrected chi connectivity index (χ1v) is 6.50. The van der Waals surface area contributed by atoms with Gasteiger partial charge in [-0.2, -0.15) is 5.26 Å².